The number of hydrogen-bond donors (Lipinski definition) is 3. The molecular weight excluding hydrogens is 508 g/mol. The second-order valence-electron chi connectivity index (χ2n) is 8.19. The molecule has 0 aliphatic heterocycles. The molecule has 0 atom stereocenters. The maximum Gasteiger partial charge on any atom is 0.387 e. The summed E-state index contributed by atoms with van der Waals surface area (Å²) in [5.74, 6) is -3.16. The van der Waals surface area contributed by atoms with Gasteiger partial charge in [-0.2, -0.15) is 13.9 Å². The first-order valence-corrected chi connectivity index (χ1v) is 11.0. The number of H-pyrrole nitrogens is 1. The van der Waals surface area contributed by atoms with Gasteiger partial charge in [0.25, 0.3) is 0 Å². The van der Waals surface area contributed by atoms with Crippen molar-refractivity contribution in [1.82, 2.24) is 19.7 Å². The second-order valence-corrected chi connectivity index (χ2v) is 8.19. The van der Waals surface area contributed by atoms with Crippen LogP contribution in [0.1, 0.15) is 21.6 Å². The van der Waals surface area contributed by atoms with Crippen molar-refractivity contribution >= 4 is 28.2 Å². The molecule has 0 saturated heterocycles. The third-order valence-corrected chi connectivity index (χ3v) is 5.67. The number of hydrogen-bond acceptors (Lipinski definition) is 7. The van der Waals surface area contributed by atoms with Crippen LogP contribution in [0.25, 0.3) is 16.6 Å². The molecule has 38 heavy (non-hydrogen) atoms. The fourth-order valence-electron chi connectivity index (χ4n) is 3.85. The molecule has 0 amide bonds. The Morgan fingerprint density at radius 2 is 1.82 bits per heavy atom. The van der Waals surface area contributed by atoms with E-state index in [9.17, 15) is 22.4 Å². The molecule has 3 heterocycles. The number of ether oxygens (including phenoxy) is 2. The number of alkyl halides is 2. The summed E-state index contributed by atoms with van der Waals surface area (Å²) in [6.07, 6.45) is 2.60. The molecule has 5 rings (SSSR count). The molecule has 0 aliphatic rings. The normalized spacial score (nSPS) is 11.3. The van der Waals surface area contributed by atoms with E-state index in [2.05, 4.69) is 19.8 Å². The highest BCUT2D eigenvalue weighted by atomic mass is 19.3. The summed E-state index contributed by atoms with van der Waals surface area (Å²) in [5.41, 5.74) is 13.5. The number of para-hydroxylation sites is 1. The Morgan fingerprint density at radius 3 is 2.50 bits per heavy atom. The summed E-state index contributed by atoms with van der Waals surface area (Å²) in [5, 5.41) is 4.61. The molecule has 0 unspecified atom stereocenters. The number of ketones is 1. The van der Waals surface area contributed by atoms with Crippen molar-refractivity contribution in [3.63, 3.8) is 0 Å². The van der Waals surface area contributed by atoms with E-state index < -0.39 is 29.8 Å². The molecule has 0 aliphatic carbocycles. The lowest BCUT2D eigenvalue weighted by molar-refractivity contribution is -0.0492. The van der Waals surface area contributed by atoms with Crippen molar-refractivity contribution in [2.45, 2.75) is 13.5 Å². The predicted molar refractivity (Wildman–Crippen MR) is 130 cm³/mol. The van der Waals surface area contributed by atoms with Crippen LogP contribution in [0, 0.1) is 18.6 Å². The highest BCUT2D eigenvalue weighted by Gasteiger charge is 2.22. The molecule has 0 radical (unpaired) electrons. The number of nitrogens with one attached hydrogen (secondary N) is 1. The van der Waals surface area contributed by atoms with E-state index in [1.54, 1.807) is 6.92 Å². The number of benzene rings is 2. The minimum absolute atomic E-state index is 0.00592. The average molecular weight is 526 g/mol. The van der Waals surface area contributed by atoms with Crippen LogP contribution < -0.4 is 20.9 Å². The molecule has 0 spiro atoms. The van der Waals surface area contributed by atoms with Gasteiger partial charge in [-0.05, 0) is 42.8 Å². The number of aryl methyl sites for hydroxylation is 1. The van der Waals surface area contributed by atoms with Gasteiger partial charge in [-0.3, -0.25) is 4.79 Å². The van der Waals surface area contributed by atoms with Crippen LogP contribution in [-0.2, 0) is 0 Å². The summed E-state index contributed by atoms with van der Waals surface area (Å²) in [6, 6.07) is 8.88. The monoisotopic (exact) mass is 526 g/mol. The van der Waals surface area contributed by atoms with Crippen molar-refractivity contribution in [2.24, 2.45) is 0 Å². The zero-order chi connectivity index (χ0) is 27.1. The molecule has 2 aromatic carbocycles. The molecular formula is C25H18F4N6O3. The highest BCUT2D eigenvalue weighted by molar-refractivity contribution is 6.12. The minimum Gasteiger partial charge on any atom is -0.433 e. The summed E-state index contributed by atoms with van der Waals surface area (Å²) >= 11 is 0. The molecule has 9 nitrogen and oxygen atoms in total. The number of rotatable bonds is 7. The fraction of sp³-hybridized carbons (Fsp3) is 0.0800. The number of nitrogen functional groups attached to an aromatic ring is 2. The number of nitrogens with zero attached hydrogens (tertiary/aromatic N) is 3. The lowest BCUT2D eigenvalue weighted by atomic mass is 10.1. The fourth-order valence-corrected chi connectivity index (χ4v) is 3.85. The molecule has 194 valence electrons. The number of carbonyl (C=O) groups is 1. The van der Waals surface area contributed by atoms with Crippen molar-refractivity contribution in [3.8, 4) is 23.1 Å². The topological polar surface area (TPSA) is 134 Å². The van der Waals surface area contributed by atoms with E-state index in [1.807, 2.05) is 0 Å². The van der Waals surface area contributed by atoms with E-state index in [0.717, 1.165) is 12.1 Å². The standard InChI is InChI=1S/C25H18F4N6O3/c1-11-5-21(38-23-14(26)3-2-4-15(23)27)32-10-19(11)35-24(31)13(9-33-35)22(36)18-6-12-7-20(37-25(28)29)16(30)8-17(12)34-18/h2-10,25,34H,30-31H2,1H3. The van der Waals surface area contributed by atoms with Crippen LogP contribution in [0.2, 0.25) is 0 Å². The Hall–Kier alpha value is -5.07. The number of pyridine rings is 1. The van der Waals surface area contributed by atoms with Crippen LogP contribution in [0.5, 0.6) is 17.4 Å². The van der Waals surface area contributed by atoms with Crippen molar-refractivity contribution < 1.29 is 31.8 Å². The average Bonchev–Trinajstić information content (AvgIpc) is 3.44. The number of aromatic nitrogens is 4. The van der Waals surface area contributed by atoms with Gasteiger partial charge in [0.1, 0.15) is 11.6 Å². The Bertz CT molecular complexity index is 1680. The van der Waals surface area contributed by atoms with Gasteiger partial charge in [-0.1, -0.05) is 6.07 Å². The number of aromatic amines is 1. The van der Waals surface area contributed by atoms with Crippen LogP contribution in [0.15, 0.2) is 54.9 Å². The molecule has 13 heteroatoms. The SMILES string of the molecule is Cc1cc(Oc2c(F)cccc2F)ncc1-n1ncc(C(=O)c2cc3cc(OC(F)F)c(N)cc3[nH]2)c1N. The Labute approximate surface area is 211 Å². The van der Waals surface area contributed by atoms with Crippen molar-refractivity contribution in [2.75, 3.05) is 11.5 Å². The number of nitrogens with two attached hydrogens (primary N) is 2. The van der Waals surface area contributed by atoms with Gasteiger partial charge in [0.15, 0.2) is 11.6 Å². The predicted octanol–water partition coefficient (Wildman–Crippen LogP) is 5.12. The number of anilines is 2. The van der Waals surface area contributed by atoms with Gasteiger partial charge in [-0.25, -0.2) is 18.4 Å². The maximum atomic E-state index is 13.9. The second kappa shape index (κ2) is 9.42. The highest BCUT2D eigenvalue weighted by Crippen LogP contribution is 2.32. The van der Waals surface area contributed by atoms with Crippen molar-refractivity contribution in [1.29, 1.82) is 0 Å². The third kappa shape index (κ3) is 4.45. The molecule has 0 fully saturated rings. The molecule has 0 bridgehead atoms. The number of fused-ring (bicyclic) bond motifs is 1. The van der Waals surface area contributed by atoms with Gasteiger partial charge in [0.2, 0.25) is 17.4 Å². The first-order chi connectivity index (χ1) is 18.1. The Morgan fingerprint density at radius 1 is 1.08 bits per heavy atom. The van der Waals surface area contributed by atoms with Gasteiger partial charge in [0.05, 0.1) is 35.0 Å². The lowest BCUT2D eigenvalue weighted by Crippen LogP contribution is -2.09. The Kier molecular flexibility index (Phi) is 6.11. The zero-order valence-corrected chi connectivity index (χ0v) is 19.5. The minimum atomic E-state index is -3.06. The molecule has 5 N–H and O–H groups in total. The van der Waals surface area contributed by atoms with Crippen LogP contribution >= 0.6 is 0 Å². The zero-order valence-electron chi connectivity index (χ0n) is 19.5. The van der Waals surface area contributed by atoms with Crippen molar-refractivity contribution in [3.05, 3.63) is 83.3 Å². The first kappa shape index (κ1) is 24.6. The number of halogens is 4. The Balaban J connectivity index is 1.43. The summed E-state index contributed by atoms with van der Waals surface area (Å²) < 4.78 is 64.0. The summed E-state index contributed by atoms with van der Waals surface area (Å²) in [4.78, 5) is 20.1. The summed E-state index contributed by atoms with van der Waals surface area (Å²) in [7, 11) is 0. The van der Waals surface area contributed by atoms with E-state index >= 15 is 0 Å². The quantitative estimate of drug-likeness (QED) is 0.152. The van der Waals surface area contributed by atoms with Gasteiger partial charge < -0.3 is 25.9 Å². The van der Waals surface area contributed by atoms with Crippen LogP contribution in [-0.4, -0.2) is 32.1 Å². The number of carbonyl (C=O) groups excluding carboxylic acids is 1. The van der Waals surface area contributed by atoms with Gasteiger partial charge >= 0.3 is 6.61 Å². The maximum absolute atomic E-state index is 13.9. The smallest absolute Gasteiger partial charge is 0.387 e. The van der Waals surface area contributed by atoms with E-state index in [0.29, 0.717) is 22.2 Å². The third-order valence-electron chi connectivity index (χ3n) is 5.67. The van der Waals surface area contributed by atoms with Gasteiger partial charge in [-0.15, -0.1) is 0 Å². The van der Waals surface area contributed by atoms with E-state index in [4.69, 9.17) is 16.2 Å². The van der Waals surface area contributed by atoms with Crippen LogP contribution in [0.4, 0.5) is 29.1 Å². The van der Waals surface area contributed by atoms with Crippen LogP contribution in [0.3, 0.4) is 0 Å². The molecule has 0 saturated carbocycles. The largest absolute Gasteiger partial charge is 0.433 e. The molecule has 5 aromatic rings. The van der Waals surface area contributed by atoms with Gasteiger partial charge in [0, 0.05) is 17.0 Å². The summed E-state index contributed by atoms with van der Waals surface area (Å²) in [6.45, 7) is -1.38. The van der Waals surface area contributed by atoms with E-state index in [-0.39, 0.29) is 34.4 Å². The lowest BCUT2D eigenvalue weighted by Gasteiger charge is -2.11. The molecule has 3 aromatic heterocycles. The first-order valence-electron chi connectivity index (χ1n) is 11.0. The van der Waals surface area contributed by atoms with E-state index in [1.165, 1.54) is 47.4 Å².